The van der Waals surface area contributed by atoms with Crippen LogP contribution in [-0.4, -0.2) is 62.9 Å². The third-order valence-corrected chi connectivity index (χ3v) is 14.7. The second-order valence-corrected chi connectivity index (χ2v) is 17.2. The molecule has 0 atom stereocenters. The number of halogens is 1. The van der Waals surface area contributed by atoms with Crippen LogP contribution in [0.4, 0.5) is 5.69 Å². The number of rotatable bonds is 6. The van der Waals surface area contributed by atoms with Crippen LogP contribution in [0.2, 0.25) is 21.6 Å². The van der Waals surface area contributed by atoms with E-state index < -0.39 is 8.07 Å². The molecule has 198 valence electrons. The lowest BCUT2D eigenvalue weighted by Gasteiger charge is -2.38. The highest BCUT2D eigenvalue weighted by Gasteiger charge is 2.41. The summed E-state index contributed by atoms with van der Waals surface area (Å²) in [4.78, 5) is 9.88. The van der Waals surface area contributed by atoms with E-state index in [1.54, 1.807) is 7.11 Å². The number of benzene rings is 2. The van der Waals surface area contributed by atoms with Crippen molar-refractivity contribution in [3.05, 3.63) is 47.2 Å². The highest BCUT2D eigenvalue weighted by Crippen LogP contribution is 2.41. The molecular weight excluding hydrogens is 496 g/mol. The van der Waals surface area contributed by atoms with Gasteiger partial charge in [-0.05, 0) is 66.0 Å². The lowest BCUT2D eigenvalue weighted by molar-refractivity contribution is 0.313. The maximum absolute atomic E-state index is 6.59. The van der Waals surface area contributed by atoms with Gasteiger partial charge in [0, 0.05) is 31.9 Å². The fraction of sp³-hybridized carbons (Fsp3) is 0.500. The fourth-order valence-corrected chi connectivity index (χ4v) is 11.5. The summed E-state index contributed by atoms with van der Waals surface area (Å²) in [5.41, 5.74) is 9.69. The van der Waals surface area contributed by atoms with Crippen LogP contribution in [-0.2, 0) is 0 Å². The van der Waals surface area contributed by atoms with E-state index in [0.717, 1.165) is 48.7 Å². The van der Waals surface area contributed by atoms with E-state index >= 15 is 0 Å². The molecule has 37 heavy (non-hydrogen) atoms. The molecule has 7 heteroatoms. The average molecular weight is 537 g/mol. The van der Waals surface area contributed by atoms with Gasteiger partial charge in [-0.25, -0.2) is 4.98 Å². The molecule has 5 nitrogen and oxygen atoms in total. The highest BCUT2D eigenvalue weighted by molar-refractivity contribution is 6.90. The fourth-order valence-electron chi connectivity index (χ4n) is 6.06. The summed E-state index contributed by atoms with van der Waals surface area (Å²) in [6, 6.07) is 12.5. The normalized spacial score (nSPS) is 15.1. The number of nitrogens with zero attached hydrogens (tertiary/aromatic N) is 4. The quantitative estimate of drug-likeness (QED) is 0.250. The Kier molecular flexibility index (Phi) is 8.28. The summed E-state index contributed by atoms with van der Waals surface area (Å²) in [5, 5.41) is 0.575. The predicted molar refractivity (Wildman–Crippen MR) is 160 cm³/mol. The van der Waals surface area contributed by atoms with Crippen LogP contribution in [0.3, 0.4) is 0 Å². The smallest absolute Gasteiger partial charge is 0.190 e. The number of hydrogen-bond donors (Lipinski definition) is 0. The Morgan fingerprint density at radius 2 is 1.51 bits per heavy atom. The third kappa shape index (κ3) is 5.27. The largest absolute Gasteiger partial charge is 0.495 e. The van der Waals surface area contributed by atoms with Crippen molar-refractivity contribution in [3.63, 3.8) is 0 Å². The van der Waals surface area contributed by atoms with Gasteiger partial charge in [-0.2, -0.15) is 0 Å². The second-order valence-electron chi connectivity index (χ2n) is 11.2. The standard InChI is InChI=1S/C30H41ClN4OSi/c1-21(2)37(22(3)4,23(5)6)18-13-30-32-27-11-9-24(34-16-14-33(7)15-17-34)20-28(27)35(30)25-10-12-29(36-8)26(31)19-25/h9-12,19-23H,14-17H2,1-8H3. The van der Waals surface area contributed by atoms with Crippen LogP contribution >= 0.6 is 11.6 Å². The van der Waals surface area contributed by atoms with Crippen LogP contribution in [0.5, 0.6) is 5.75 Å². The number of likely N-dealkylation sites (N-methyl/N-ethyl adjacent to an activating group) is 1. The van der Waals surface area contributed by atoms with E-state index in [9.17, 15) is 0 Å². The van der Waals surface area contributed by atoms with E-state index in [-0.39, 0.29) is 0 Å². The number of hydrogen-bond acceptors (Lipinski definition) is 4. The van der Waals surface area contributed by atoms with E-state index in [1.807, 2.05) is 18.2 Å². The monoisotopic (exact) mass is 536 g/mol. The number of anilines is 1. The van der Waals surface area contributed by atoms with E-state index in [4.69, 9.17) is 21.3 Å². The first kappa shape index (κ1) is 27.6. The first-order chi connectivity index (χ1) is 17.6. The Labute approximate surface area is 228 Å². The van der Waals surface area contributed by atoms with Gasteiger partial charge in [-0.1, -0.05) is 53.1 Å². The topological polar surface area (TPSA) is 33.5 Å². The van der Waals surface area contributed by atoms with E-state index in [2.05, 4.69) is 92.6 Å². The molecule has 1 saturated heterocycles. The summed E-state index contributed by atoms with van der Waals surface area (Å²) in [7, 11) is 1.90. The van der Waals surface area contributed by atoms with Gasteiger partial charge in [0.1, 0.15) is 13.8 Å². The SMILES string of the molecule is COc1ccc(-n2c(C#C[Si](C(C)C)(C(C)C)C(C)C)nc3ccc(N4CCN(C)CC4)cc32)cc1Cl. The zero-order valence-corrected chi connectivity index (χ0v) is 25.4. The molecule has 1 fully saturated rings. The van der Waals surface area contributed by atoms with Crippen molar-refractivity contribution < 1.29 is 4.74 Å². The van der Waals surface area contributed by atoms with E-state index in [1.165, 1.54) is 5.69 Å². The number of ether oxygens (including phenoxy) is 1. The van der Waals surface area contributed by atoms with Crippen molar-refractivity contribution in [2.45, 2.75) is 58.2 Å². The molecular formula is C30H41ClN4OSi. The van der Waals surface area contributed by atoms with Crippen molar-refractivity contribution in [3.8, 4) is 22.9 Å². The number of imidazole rings is 1. The van der Waals surface area contributed by atoms with Crippen LogP contribution in [0.15, 0.2) is 36.4 Å². The molecule has 0 spiro atoms. The van der Waals surface area contributed by atoms with Gasteiger partial charge < -0.3 is 14.5 Å². The molecule has 1 aliphatic rings. The van der Waals surface area contributed by atoms with Gasteiger partial charge in [0.25, 0.3) is 0 Å². The lowest BCUT2D eigenvalue weighted by Crippen LogP contribution is -2.44. The molecule has 0 amide bonds. The van der Waals surface area contributed by atoms with Crippen LogP contribution < -0.4 is 9.64 Å². The molecule has 0 bridgehead atoms. The van der Waals surface area contributed by atoms with Gasteiger partial charge in [-0.15, -0.1) is 5.54 Å². The molecule has 0 aliphatic carbocycles. The summed E-state index contributed by atoms with van der Waals surface area (Å²) in [5.74, 6) is 5.04. The van der Waals surface area contributed by atoms with Crippen molar-refractivity contribution in [1.29, 1.82) is 0 Å². The minimum atomic E-state index is -1.93. The molecule has 0 radical (unpaired) electrons. The molecule has 0 saturated carbocycles. The van der Waals surface area contributed by atoms with Crippen molar-refractivity contribution in [1.82, 2.24) is 14.5 Å². The summed E-state index contributed by atoms with van der Waals surface area (Å²) < 4.78 is 7.60. The summed E-state index contributed by atoms with van der Waals surface area (Å²) in [6.07, 6.45) is 0. The van der Waals surface area contributed by atoms with Gasteiger partial charge in [0.15, 0.2) is 5.82 Å². The van der Waals surface area contributed by atoms with Crippen molar-refractivity contribution >= 4 is 36.4 Å². The van der Waals surface area contributed by atoms with E-state index in [0.29, 0.717) is 27.4 Å². The molecule has 2 aromatic carbocycles. The molecule has 2 heterocycles. The molecule has 4 rings (SSSR count). The first-order valence-corrected chi connectivity index (χ1v) is 16.0. The van der Waals surface area contributed by atoms with Crippen LogP contribution in [0.25, 0.3) is 16.7 Å². The summed E-state index contributed by atoms with van der Waals surface area (Å²) >= 11 is 6.59. The van der Waals surface area contributed by atoms with Gasteiger partial charge in [0.05, 0.1) is 28.9 Å². The molecule has 3 aromatic rings. The minimum absolute atomic E-state index is 0.553. The average Bonchev–Trinajstić information content (AvgIpc) is 3.21. The van der Waals surface area contributed by atoms with Crippen LogP contribution in [0.1, 0.15) is 47.4 Å². The number of fused-ring (bicyclic) bond motifs is 1. The Hall–Kier alpha value is -2.46. The van der Waals surface area contributed by atoms with Crippen LogP contribution in [0, 0.1) is 11.5 Å². The maximum atomic E-state index is 6.59. The zero-order valence-electron chi connectivity index (χ0n) is 23.6. The molecule has 0 N–H and O–H groups in total. The second kappa shape index (κ2) is 11.1. The Bertz CT molecular complexity index is 1290. The first-order valence-electron chi connectivity index (χ1n) is 13.4. The third-order valence-electron chi connectivity index (χ3n) is 8.16. The Balaban J connectivity index is 1.92. The lowest BCUT2D eigenvalue weighted by atomic mass is 10.2. The van der Waals surface area contributed by atoms with Gasteiger partial charge in [0.2, 0.25) is 0 Å². The summed E-state index contributed by atoms with van der Waals surface area (Å²) in [6.45, 7) is 18.2. The molecule has 1 aromatic heterocycles. The number of methoxy groups -OCH3 is 1. The number of piperazine rings is 1. The Morgan fingerprint density at radius 1 is 0.892 bits per heavy atom. The molecule has 0 unspecified atom stereocenters. The Morgan fingerprint density at radius 3 is 2.08 bits per heavy atom. The van der Waals surface area contributed by atoms with Crippen molar-refractivity contribution in [2.24, 2.45) is 0 Å². The maximum Gasteiger partial charge on any atom is 0.190 e. The highest BCUT2D eigenvalue weighted by atomic mass is 35.5. The zero-order chi connectivity index (χ0) is 26.9. The molecule has 1 aliphatic heterocycles. The van der Waals surface area contributed by atoms with Gasteiger partial charge >= 0.3 is 0 Å². The van der Waals surface area contributed by atoms with Crippen molar-refractivity contribution in [2.75, 3.05) is 45.2 Å². The predicted octanol–water partition coefficient (Wildman–Crippen LogP) is 7.01. The minimum Gasteiger partial charge on any atom is -0.495 e. The number of aromatic nitrogens is 2. The van der Waals surface area contributed by atoms with Gasteiger partial charge in [-0.3, -0.25) is 4.57 Å².